The molecular formula is C18H31NO2. The third-order valence-electron chi connectivity index (χ3n) is 7.14. The molecule has 0 aromatic heterocycles. The first kappa shape index (κ1) is 15.3. The van der Waals surface area contributed by atoms with Crippen LogP contribution in [0.15, 0.2) is 0 Å². The number of ether oxygens (including phenoxy) is 1. The van der Waals surface area contributed by atoms with Crippen molar-refractivity contribution in [2.45, 2.75) is 71.8 Å². The molecule has 120 valence electrons. The second-order valence-corrected chi connectivity index (χ2v) is 8.34. The van der Waals surface area contributed by atoms with Crippen LogP contribution >= 0.6 is 0 Å². The van der Waals surface area contributed by atoms with E-state index in [1.165, 1.54) is 25.7 Å². The lowest BCUT2D eigenvalue weighted by Gasteiger charge is -2.38. The van der Waals surface area contributed by atoms with E-state index in [4.69, 9.17) is 4.74 Å². The second kappa shape index (κ2) is 5.57. The number of nitrogens with one attached hydrogen (secondary N) is 1. The fourth-order valence-corrected chi connectivity index (χ4v) is 5.02. The first-order valence-corrected chi connectivity index (χ1v) is 8.84. The highest BCUT2D eigenvalue weighted by molar-refractivity contribution is 5.69. The Hall–Kier alpha value is -0.570. The van der Waals surface area contributed by atoms with Gasteiger partial charge in [-0.2, -0.15) is 0 Å². The number of rotatable bonds is 4. The van der Waals surface area contributed by atoms with E-state index in [1.807, 2.05) is 0 Å². The van der Waals surface area contributed by atoms with Crippen LogP contribution in [0.3, 0.4) is 0 Å². The van der Waals surface area contributed by atoms with Gasteiger partial charge in [0.05, 0.1) is 0 Å². The molecule has 2 bridgehead atoms. The summed E-state index contributed by atoms with van der Waals surface area (Å²) in [4.78, 5) is 12.2. The summed E-state index contributed by atoms with van der Waals surface area (Å²) >= 11 is 0. The van der Waals surface area contributed by atoms with E-state index in [9.17, 15) is 4.79 Å². The van der Waals surface area contributed by atoms with Gasteiger partial charge < -0.3 is 10.1 Å². The molecule has 4 unspecified atom stereocenters. The van der Waals surface area contributed by atoms with Crippen LogP contribution in [0, 0.1) is 22.7 Å². The summed E-state index contributed by atoms with van der Waals surface area (Å²) in [6.07, 6.45) is 7.86. The van der Waals surface area contributed by atoms with E-state index in [0.717, 1.165) is 31.8 Å². The van der Waals surface area contributed by atoms with Crippen molar-refractivity contribution in [3.63, 3.8) is 0 Å². The predicted octanol–water partition coefficient (Wildman–Crippen LogP) is 3.52. The average Bonchev–Trinajstić information content (AvgIpc) is 2.79. The molecule has 0 spiro atoms. The van der Waals surface area contributed by atoms with Crippen molar-refractivity contribution in [1.29, 1.82) is 0 Å². The standard InChI is InChI=1S/C18H31NO2/c1-17(2)14-8-9-18(17,3)15(11-14)21-16(20)7-6-13-5-4-10-19-12-13/h13-15,19H,4-12H2,1-3H3. The summed E-state index contributed by atoms with van der Waals surface area (Å²) < 4.78 is 5.92. The van der Waals surface area contributed by atoms with Crippen molar-refractivity contribution in [3.8, 4) is 0 Å². The maximum Gasteiger partial charge on any atom is 0.306 e. The van der Waals surface area contributed by atoms with Gasteiger partial charge in [0.15, 0.2) is 0 Å². The minimum absolute atomic E-state index is 0.0372. The second-order valence-electron chi connectivity index (χ2n) is 8.34. The van der Waals surface area contributed by atoms with Gasteiger partial charge in [0.2, 0.25) is 0 Å². The molecule has 0 amide bonds. The Balaban J connectivity index is 1.49. The predicted molar refractivity (Wildman–Crippen MR) is 83.9 cm³/mol. The Morgan fingerprint density at radius 1 is 1.29 bits per heavy atom. The SMILES string of the molecule is CC1(C)C2CCC1(C)C(OC(=O)CCC1CCCNC1)C2. The van der Waals surface area contributed by atoms with Crippen LogP contribution in [0.5, 0.6) is 0 Å². The van der Waals surface area contributed by atoms with Crippen LogP contribution in [0.2, 0.25) is 0 Å². The molecule has 0 radical (unpaired) electrons. The molecule has 4 atom stereocenters. The van der Waals surface area contributed by atoms with Crippen molar-refractivity contribution >= 4 is 5.97 Å². The van der Waals surface area contributed by atoms with Crippen molar-refractivity contribution in [3.05, 3.63) is 0 Å². The van der Waals surface area contributed by atoms with E-state index >= 15 is 0 Å². The van der Waals surface area contributed by atoms with Crippen LogP contribution in [0.1, 0.15) is 65.7 Å². The topological polar surface area (TPSA) is 38.3 Å². The van der Waals surface area contributed by atoms with Crippen LogP contribution in [-0.2, 0) is 9.53 Å². The highest BCUT2D eigenvalue weighted by Gasteiger charge is 2.62. The molecule has 2 saturated carbocycles. The van der Waals surface area contributed by atoms with Gasteiger partial charge >= 0.3 is 5.97 Å². The van der Waals surface area contributed by atoms with Crippen LogP contribution in [-0.4, -0.2) is 25.2 Å². The molecule has 3 fully saturated rings. The largest absolute Gasteiger partial charge is 0.462 e. The lowest BCUT2D eigenvalue weighted by Crippen LogP contribution is -2.38. The van der Waals surface area contributed by atoms with Crippen molar-refractivity contribution in [1.82, 2.24) is 5.32 Å². The van der Waals surface area contributed by atoms with Crippen LogP contribution in [0.25, 0.3) is 0 Å². The summed E-state index contributed by atoms with van der Waals surface area (Å²) in [5.41, 5.74) is 0.519. The number of hydrogen-bond acceptors (Lipinski definition) is 3. The highest BCUT2D eigenvalue weighted by atomic mass is 16.5. The van der Waals surface area contributed by atoms with Gasteiger partial charge in [0.25, 0.3) is 0 Å². The summed E-state index contributed by atoms with van der Waals surface area (Å²) in [5.74, 6) is 1.44. The fourth-order valence-electron chi connectivity index (χ4n) is 5.02. The molecule has 1 aliphatic heterocycles. The molecule has 1 N–H and O–H groups in total. The van der Waals surface area contributed by atoms with Crippen molar-refractivity contribution in [2.24, 2.45) is 22.7 Å². The number of fused-ring (bicyclic) bond motifs is 2. The molecule has 3 aliphatic rings. The van der Waals surface area contributed by atoms with Crippen LogP contribution < -0.4 is 5.32 Å². The number of carbonyl (C=O) groups excluding carboxylic acids is 1. The van der Waals surface area contributed by atoms with Gasteiger partial charge in [0.1, 0.15) is 6.10 Å². The van der Waals surface area contributed by atoms with Crippen molar-refractivity contribution in [2.75, 3.05) is 13.1 Å². The molecule has 3 rings (SSSR count). The average molecular weight is 293 g/mol. The smallest absolute Gasteiger partial charge is 0.306 e. The lowest BCUT2D eigenvalue weighted by molar-refractivity contribution is -0.157. The number of carbonyl (C=O) groups is 1. The van der Waals surface area contributed by atoms with E-state index in [0.29, 0.717) is 17.8 Å². The molecule has 1 saturated heterocycles. The summed E-state index contributed by atoms with van der Waals surface area (Å²) in [6.45, 7) is 9.28. The van der Waals surface area contributed by atoms with Gasteiger partial charge in [-0.3, -0.25) is 4.79 Å². The fraction of sp³-hybridized carbons (Fsp3) is 0.944. The highest BCUT2D eigenvalue weighted by Crippen LogP contribution is 2.66. The van der Waals surface area contributed by atoms with E-state index in [1.54, 1.807) is 0 Å². The number of esters is 1. The Kier molecular flexibility index (Phi) is 4.06. The zero-order chi connectivity index (χ0) is 15.1. The monoisotopic (exact) mass is 293 g/mol. The Morgan fingerprint density at radius 2 is 2.10 bits per heavy atom. The third-order valence-corrected chi connectivity index (χ3v) is 7.14. The summed E-state index contributed by atoms with van der Waals surface area (Å²) in [6, 6.07) is 0. The van der Waals surface area contributed by atoms with E-state index in [2.05, 4.69) is 26.1 Å². The van der Waals surface area contributed by atoms with E-state index < -0.39 is 0 Å². The molecule has 1 heterocycles. The minimum atomic E-state index is 0.0372. The Bertz CT molecular complexity index is 400. The first-order valence-electron chi connectivity index (χ1n) is 8.84. The number of piperidine rings is 1. The minimum Gasteiger partial charge on any atom is -0.462 e. The van der Waals surface area contributed by atoms with Crippen molar-refractivity contribution < 1.29 is 9.53 Å². The molecule has 3 nitrogen and oxygen atoms in total. The number of hydrogen-bond donors (Lipinski definition) is 1. The normalized spacial score (nSPS) is 41.2. The summed E-state index contributed by atoms with van der Waals surface area (Å²) in [7, 11) is 0. The zero-order valence-corrected chi connectivity index (χ0v) is 13.9. The quantitative estimate of drug-likeness (QED) is 0.806. The maximum atomic E-state index is 12.2. The molecular weight excluding hydrogens is 262 g/mol. The first-order chi connectivity index (χ1) is 9.93. The molecule has 0 aromatic rings. The molecule has 0 aromatic carbocycles. The summed E-state index contributed by atoms with van der Waals surface area (Å²) in [5, 5.41) is 3.42. The molecule has 3 heteroatoms. The Labute approximate surface area is 129 Å². The van der Waals surface area contributed by atoms with Crippen LogP contribution in [0.4, 0.5) is 0 Å². The maximum absolute atomic E-state index is 12.2. The third kappa shape index (κ3) is 2.62. The van der Waals surface area contributed by atoms with Gasteiger partial charge in [-0.1, -0.05) is 20.8 Å². The zero-order valence-electron chi connectivity index (χ0n) is 13.9. The molecule has 21 heavy (non-hydrogen) atoms. The van der Waals surface area contributed by atoms with Gasteiger partial charge in [-0.05, 0) is 68.9 Å². The van der Waals surface area contributed by atoms with Gasteiger partial charge in [0, 0.05) is 11.8 Å². The Morgan fingerprint density at radius 3 is 2.67 bits per heavy atom. The molecule has 2 aliphatic carbocycles. The lowest BCUT2D eigenvalue weighted by atomic mass is 9.70. The van der Waals surface area contributed by atoms with Gasteiger partial charge in [-0.25, -0.2) is 0 Å². The van der Waals surface area contributed by atoms with E-state index in [-0.39, 0.29) is 17.5 Å². The van der Waals surface area contributed by atoms with Gasteiger partial charge in [-0.15, -0.1) is 0 Å².